The molecule has 4 rings (SSSR count). The van der Waals surface area contributed by atoms with E-state index in [4.69, 9.17) is 4.74 Å². The maximum absolute atomic E-state index is 12.7. The lowest BCUT2D eigenvalue weighted by Crippen LogP contribution is -2.30. The molecule has 0 spiro atoms. The second-order valence-electron chi connectivity index (χ2n) is 7.00. The van der Waals surface area contributed by atoms with Crippen LogP contribution in [0.15, 0.2) is 41.8 Å². The van der Waals surface area contributed by atoms with E-state index in [0.29, 0.717) is 22.2 Å². The first-order valence-corrected chi connectivity index (χ1v) is 9.66. The molecular weight excluding hydrogens is 350 g/mol. The Hall–Kier alpha value is -2.47. The second-order valence-corrected chi connectivity index (χ2v) is 7.95. The largest absolute Gasteiger partial charge is 0.422 e. The number of thiophene rings is 1. The molecule has 1 saturated heterocycles. The number of esters is 1. The van der Waals surface area contributed by atoms with Crippen molar-refractivity contribution >= 4 is 34.8 Å². The highest BCUT2D eigenvalue weighted by atomic mass is 32.1. The molecule has 1 aliphatic carbocycles. The summed E-state index contributed by atoms with van der Waals surface area (Å²) >= 11 is 1.31. The van der Waals surface area contributed by atoms with Gasteiger partial charge in [0.2, 0.25) is 11.8 Å². The first kappa shape index (κ1) is 17.0. The third-order valence-electron chi connectivity index (χ3n) is 5.22. The predicted molar refractivity (Wildman–Crippen MR) is 98.2 cm³/mol. The monoisotopic (exact) mass is 369 g/mol. The molecular formula is C20H19NO4S. The Labute approximate surface area is 155 Å². The molecule has 1 aromatic carbocycles. The van der Waals surface area contributed by atoms with E-state index in [1.165, 1.54) is 16.2 Å². The summed E-state index contributed by atoms with van der Waals surface area (Å²) in [5.74, 6) is -0.131. The fourth-order valence-electron chi connectivity index (χ4n) is 3.86. The van der Waals surface area contributed by atoms with Gasteiger partial charge in [-0.05, 0) is 60.9 Å². The molecule has 134 valence electrons. The SMILES string of the molecule is CC1CCC2C(=O)N(c3ccc(OC(=O)c4cccs4)cc3)C(=O)C2C1. The van der Waals surface area contributed by atoms with Gasteiger partial charge in [0.25, 0.3) is 0 Å². The number of fused-ring (bicyclic) bond motifs is 1. The molecule has 6 heteroatoms. The van der Waals surface area contributed by atoms with Crippen molar-refractivity contribution in [2.45, 2.75) is 26.2 Å². The lowest BCUT2D eigenvalue weighted by molar-refractivity contribution is -0.122. The van der Waals surface area contributed by atoms with Crippen molar-refractivity contribution in [2.75, 3.05) is 4.90 Å². The summed E-state index contributed by atoms with van der Waals surface area (Å²) in [6, 6.07) is 10.0. The maximum Gasteiger partial charge on any atom is 0.353 e. The van der Waals surface area contributed by atoms with E-state index in [0.717, 1.165) is 19.3 Å². The topological polar surface area (TPSA) is 63.7 Å². The quantitative estimate of drug-likeness (QED) is 0.468. The molecule has 0 N–H and O–H groups in total. The van der Waals surface area contributed by atoms with E-state index in [-0.39, 0.29) is 23.7 Å². The molecule has 3 unspecified atom stereocenters. The zero-order valence-electron chi connectivity index (χ0n) is 14.4. The normalized spacial score (nSPS) is 25.3. The van der Waals surface area contributed by atoms with E-state index in [2.05, 4.69) is 6.92 Å². The Balaban J connectivity index is 1.51. The number of hydrogen-bond acceptors (Lipinski definition) is 5. The Morgan fingerprint density at radius 1 is 1.08 bits per heavy atom. The lowest BCUT2D eigenvalue weighted by atomic mass is 9.76. The van der Waals surface area contributed by atoms with Gasteiger partial charge in [0.15, 0.2) is 0 Å². The molecule has 2 aromatic rings. The first-order valence-electron chi connectivity index (χ1n) is 8.78. The molecule has 0 bridgehead atoms. The third-order valence-corrected chi connectivity index (χ3v) is 6.07. The highest BCUT2D eigenvalue weighted by molar-refractivity contribution is 7.12. The number of anilines is 1. The fourth-order valence-corrected chi connectivity index (χ4v) is 4.46. The lowest BCUT2D eigenvalue weighted by Gasteiger charge is -2.25. The predicted octanol–water partition coefficient (Wildman–Crippen LogP) is 3.89. The van der Waals surface area contributed by atoms with Crippen LogP contribution in [0.25, 0.3) is 0 Å². The number of imide groups is 1. The van der Waals surface area contributed by atoms with Crippen molar-refractivity contribution in [3.05, 3.63) is 46.7 Å². The molecule has 2 amide bonds. The third kappa shape index (κ3) is 2.94. The number of rotatable bonds is 3. The van der Waals surface area contributed by atoms with Gasteiger partial charge in [0, 0.05) is 0 Å². The number of amides is 2. The second kappa shape index (κ2) is 6.68. The average molecular weight is 369 g/mol. The van der Waals surface area contributed by atoms with Crippen LogP contribution in [0.3, 0.4) is 0 Å². The number of ether oxygens (including phenoxy) is 1. The molecule has 2 aliphatic rings. The Morgan fingerprint density at radius 3 is 2.50 bits per heavy atom. The van der Waals surface area contributed by atoms with Gasteiger partial charge in [-0.2, -0.15) is 0 Å². The minimum atomic E-state index is -0.416. The molecule has 0 radical (unpaired) electrons. The minimum absolute atomic E-state index is 0.102. The van der Waals surface area contributed by atoms with Crippen LogP contribution in [0.1, 0.15) is 35.9 Å². The Morgan fingerprint density at radius 2 is 1.81 bits per heavy atom. The highest BCUT2D eigenvalue weighted by Gasteiger charge is 2.49. The van der Waals surface area contributed by atoms with E-state index < -0.39 is 5.97 Å². The molecule has 5 nitrogen and oxygen atoms in total. The van der Waals surface area contributed by atoms with Crippen LogP contribution >= 0.6 is 11.3 Å². The van der Waals surface area contributed by atoms with Crippen LogP contribution in [0.5, 0.6) is 5.75 Å². The van der Waals surface area contributed by atoms with Gasteiger partial charge in [-0.1, -0.05) is 13.0 Å². The summed E-state index contributed by atoms with van der Waals surface area (Å²) in [6.45, 7) is 2.13. The van der Waals surface area contributed by atoms with Gasteiger partial charge in [0.05, 0.1) is 17.5 Å². The minimum Gasteiger partial charge on any atom is -0.422 e. The van der Waals surface area contributed by atoms with E-state index >= 15 is 0 Å². The number of carbonyl (C=O) groups excluding carboxylic acids is 3. The van der Waals surface area contributed by atoms with E-state index in [9.17, 15) is 14.4 Å². The molecule has 2 fully saturated rings. The standard InChI is InChI=1S/C20H19NO4S/c1-12-4-9-15-16(11-12)19(23)21(18(15)22)13-5-7-14(8-6-13)25-20(24)17-3-2-10-26-17/h2-3,5-8,10,12,15-16H,4,9,11H2,1H3. The van der Waals surface area contributed by atoms with E-state index in [1.807, 2.05) is 5.38 Å². The number of nitrogens with zero attached hydrogens (tertiary/aromatic N) is 1. The molecule has 1 aromatic heterocycles. The zero-order valence-corrected chi connectivity index (χ0v) is 15.2. The van der Waals surface area contributed by atoms with Gasteiger partial charge in [-0.3, -0.25) is 14.5 Å². The van der Waals surface area contributed by atoms with Crippen LogP contribution in [-0.2, 0) is 9.59 Å². The van der Waals surface area contributed by atoms with Gasteiger partial charge < -0.3 is 4.74 Å². The van der Waals surface area contributed by atoms with Crippen LogP contribution < -0.4 is 9.64 Å². The molecule has 3 atom stereocenters. The molecule has 1 aliphatic heterocycles. The van der Waals surface area contributed by atoms with Crippen LogP contribution in [0.4, 0.5) is 5.69 Å². The summed E-state index contributed by atoms with van der Waals surface area (Å²) in [4.78, 5) is 39.3. The summed E-state index contributed by atoms with van der Waals surface area (Å²) in [7, 11) is 0. The highest BCUT2D eigenvalue weighted by Crippen LogP contribution is 2.42. The molecule has 2 heterocycles. The van der Waals surface area contributed by atoms with Crippen LogP contribution in [0.2, 0.25) is 0 Å². The zero-order chi connectivity index (χ0) is 18.3. The summed E-state index contributed by atoms with van der Waals surface area (Å²) < 4.78 is 5.32. The van der Waals surface area contributed by atoms with Crippen LogP contribution in [-0.4, -0.2) is 17.8 Å². The van der Waals surface area contributed by atoms with Gasteiger partial charge in [-0.15, -0.1) is 11.3 Å². The van der Waals surface area contributed by atoms with Crippen molar-refractivity contribution in [1.29, 1.82) is 0 Å². The van der Waals surface area contributed by atoms with Crippen molar-refractivity contribution in [2.24, 2.45) is 17.8 Å². The van der Waals surface area contributed by atoms with Crippen molar-refractivity contribution in [1.82, 2.24) is 0 Å². The van der Waals surface area contributed by atoms with Crippen molar-refractivity contribution < 1.29 is 19.1 Å². The van der Waals surface area contributed by atoms with E-state index in [1.54, 1.807) is 36.4 Å². The summed E-state index contributed by atoms with van der Waals surface area (Å²) in [6.07, 6.45) is 2.55. The van der Waals surface area contributed by atoms with Crippen molar-refractivity contribution in [3.8, 4) is 5.75 Å². The maximum atomic E-state index is 12.7. The average Bonchev–Trinajstić information content (AvgIpc) is 3.24. The van der Waals surface area contributed by atoms with Gasteiger partial charge in [0.1, 0.15) is 10.6 Å². The summed E-state index contributed by atoms with van der Waals surface area (Å²) in [5.41, 5.74) is 0.540. The van der Waals surface area contributed by atoms with Gasteiger partial charge in [-0.25, -0.2) is 4.79 Å². The first-order chi connectivity index (χ1) is 12.5. The molecule has 1 saturated carbocycles. The Bertz CT molecular complexity index is 843. The number of carbonyl (C=O) groups is 3. The van der Waals surface area contributed by atoms with Gasteiger partial charge >= 0.3 is 5.97 Å². The number of benzene rings is 1. The smallest absolute Gasteiger partial charge is 0.353 e. The van der Waals surface area contributed by atoms with Crippen molar-refractivity contribution in [3.63, 3.8) is 0 Å². The fraction of sp³-hybridized carbons (Fsp3) is 0.350. The number of hydrogen-bond donors (Lipinski definition) is 0. The Kier molecular flexibility index (Phi) is 4.36. The molecule has 26 heavy (non-hydrogen) atoms. The van der Waals surface area contributed by atoms with Crippen LogP contribution in [0, 0.1) is 17.8 Å². The summed E-state index contributed by atoms with van der Waals surface area (Å²) in [5, 5.41) is 1.81.